The van der Waals surface area contributed by atoms with Crippen molar-refractivity contribution < 1.29 is 0 Å². The van der Waals surface area contributed by atoms with Gasteiger partial charge >= 0.3 is 0 Å². The third-order valence-corrected chi connectivity index (χ3v) is 4.44. The molecule has 3 rings (SSSR count). The highest BCUT2D eigenvalue weighted by atomic mass is 79.9. The number of nitrogens with zero attached hydrogens (tertiary/aromatic N) is 2. The van der Waals surface area contributed by atoms with E-state index in [1.807, 2.05) is 17.9 Å². The van der Waals surface area contributed by atoms with Crippen LogP contribution in [0.1, 0.15) is 31.0 Å². The van der Waals surface area contributed by atoms with Crippen molar-refractivity contribution in [3.05, 3.63) is 16.4 Å². The summed E-state index contributed by atoms with van der Waals surface area (Å²) in [5, 5.41) is 4.21. The summed E-state index contributed by atoms with van der Waals surface area (Å²) in [5.74, 6) is 0.703. The molecule has 2 fully saturated rings. The lowest BCUT2D eigenvalue weighted by atomic mass is 10.1. The molecule has 2 unspecified atom stereocenters. The Labute approximate surface area is 91.8 Å². The van der Waals surface area contributed by atoms with Crippen molar-refractivity contribution in [1.82, 2.24) is 9.78 Å². The van der Waals surface area contributed by atoms with Crippen molar-refractivity contribution in [2.75, 3.05) is 0 Å². The van der Waals surface area contributed by atoms with Crippen LogP contribution in [0.4, 0.5) is 0 Å². The second kappa shape index (κ2) is 2.61. The molecule has 1 aromatic heterocycles. The Morgan fingerprint density at radius 3 is 2.86 bits per heavy atom. The highest BCUT2D eigenvalue weighted by Crippen LogP contribution is 2.73. The molecule has 1 aromatic rings. The van der Waals surface area contributed by atoms with Crippen LogP contribution in [-0.2, 0) is 7.05 Å². The van der Waals surface area contributed by atoms with E-state index in [1.165, 1.54) is 19.3 Å². The Kier molecular flexibility index (Phi) is 1.66. The molecule has 4 heteroatoms. The molecule has 0 amide bonds. The van der Waals surface area contributed by atoms with Gasteiger partial charge in [0.1, 0.15) is 0 Å². The predicted molar refractivity (Wildman–Crippen MR) is 57.6 cm³/mol. The van der Waals surface area contributed by atoms with E-state index in [-0.39, 0.29) is 6.04 Å². The molecule has 2 aliphatic rings. The number of aromatic nitrogens is 2. The highest BCUT2D eigenvalue weighted by molar-refractivity contribution is 9.10. The lowest BCUT2D eigenvalue weighted by Crippen LogP contribution is -2.18. The monoisotopic (exact) mass is 255 g/mol. The van der Waals surface area contributed by atoms with E-state index in [0.29, 0.717) is 11.3 Å². The summed E-state index contributed by atoms with van der Waals surface area (Å²) < 4.78 is 2.94. The van der Waals surface area contributed by atoms with Gasteiger partial charge in [0.25, 0.3) is 0 Å². The fourth-order valence-electron chi connectivity index (χ4n) is 2.61. The molecular weight excluding hydrogens is 242 g/mol. The molecule has 1 spiro atoms. The van der Waals surface area contributed by atoms with Crippen LogP contribution in [0.5, 0.6) is 0 Å². The summed E-state index contributed by atoms with van der Waals surface area (Å²) in [4.78, 5) is 0. The number of hydrogen-bond acceptors (Lipinski definition) is 2. The van der Waals surface area contributed by atoms with Crippen LogP contribution in [0.15, 0.2) is 10.7 Å². The van der Waals surface area contributed by atoms with Crippen LogP contribution in [0.2, 0.25) is 0 Å². The molecule has 0 saturated heterocycles. The van der Waals surface area contributed by atoms with Crippen LogP contribution in [0.25, 0.3) is 0 Å². The fourth-order valence-corrected chi connectivity index (χ4v) is 3.22. The van der Waals surface area contributed by atoms with Crippen molar-refractivity contribution in [3.8, 4) is 0 Å². The molecule has 0 aromatic carbocycles. The molecule has 2 aliphatic carbocycles. The maximum atomic E-state index is 6.27. The molecule has 2 atom stereocenters. The standard InChI is InChI=1S/C10H14BrN3/c1-14-9(7(11)5-13-14)8(12)6-4-10(6)2-3-10/h5-6,8H,2-4,12H2,1H3. The van der Waals surface area contributed by atoms with E-state index in [0.717, 1.165) is 10.2 Å². The first-order valence-electron chi connectivity index (χ1n) is 5.07. The number of hydrogen-bond donors (Lipinski definition) is 1. The van der Waals surface area contributed by atoms with Crippen molar-refractivity contribution >= 4 is 15.9 Å². The first-order valence-corrected chi connectivity index (χ1v) is 5.86. The zero-order valence-electron chi connectivity index (χ0n) is 8.20. The van der Waals surface area contributed by atoms with Crippen LogP contribution >= 0.6 is 15.9 Å². The van der Waals surface area contributed by atoms with Crippen LogP contribution in [-0.4, -0.2) is 9.78 Å². The average Bonchev–Trinajstić information content (AvgIpc) is 3.03. The largest absolute Gasteiger partial charge is 0.322 e. The van der Waals surface area contributed by atoms with Gasteiger partial charge in [0, 0.05) is 7.05 Å². The van der Waals surface area contributed by atoms with Gasteiger partial charge in [-0.15, -0.1) is 0 Å². The second-order valence-electron chi connectivity index (χ2n) is 4.70. The lowest BCUT2D eigenvalue weighted by Gasteiger charge is -2.12. The third kappa shape index (κ3) is 1.10. The van der Waals surface area contributed by atoms with E-state index in [9.17, 15) is 0 Å². The number of halogens is 1. The SMILES string of the molecule is Cn1ncc(Br)c1C(N)C1CC12CC2. The van der Waals surface area contributed by atoms with Gasteiger partial charge in [0.2, 0.25) is 0 Å². The third-order valence-electron chi connectivity index (χ3n) is 3.83. The smallest absolute Gasteiger partial charge is 0.0693 e. The minimum Gasteiger partial charge on any atom is -0.322 e. The number of rotatable bonds is 2. The second-order valence-corrected chi connectivity index (χ2v) is 5.55. The van der Waals surface area contributed by atoms with Gasteiger partial charge in [-0.25, -0.2) is 0 Å². The van der Waals surface area contributed by atoms with Gasteiger partial charge in [0.05, 0.1) is 22.4 Å². The van der Waals surface area contributed by atoms with Crippen molar-refractivity contribution in [3.63, 3.8) is 0 Å². The summed E-state index contributed by atoms with van der Waals surface area (Å²) >= 11 is 3.51. The summed E-state index contributed by atoms with van der Waals surface area (Å²) in [7, 11) is 1.96. The molecule has 1 heterocycles. The van der Waals surface area contributed by atoms with Gasteiger partial charge in [-0.3, -0.25) is 4.68 Å². The van der Waals surface area contributed by atoms with Gasteiger partial charge in [0.15, 0.2) is 0 Å². The van der Waals surface area contributed by atoms with E-state index < -0.39 is 0 Å². The molecule has 3 nitrogen and oxygen atoms in total. The Morgan fingerprint density at radius 2 is 2.43 bits per heavy atom. The van der Waals surface area contributed by atoms with Gasteiger partial charge in [-0.2, -0.15) is 5.10 Å². The Balaban J connectivity index is 1.88. The molecule has 2 saturated carbocycles. The molecule has 0 radical (unpaired) electrons. The van der Waals surface area contributed by atoms with E-state index in [4.69, 9.17) is 5.73 Å². The molecule has 76 valence electrons. The summed E-state index contributed by atoms with van der Waals surface area (Å²) in [6.07, 6.45) is 5.94. The van der Waals surface area contributed by atoms with E-state index >= 15 is 0 Å². The lowest BCUT2D eigenvalue weighted by molar-refractivity contribution is 0.525. The highest BCUT2D eigenvalue weighted by Gasteiger charge is 2.64. The van der Waals surface area contributed by atoms with Crippen LogP contribution in [0.3, 0.4) is 0 Å². The Bertz CT molecular complexity index is 361. The number of nitrogens with two attached hydrogens (primary N) is 1. The minimum atomic E-state index is 0.166. The van der Waals surface area contributed by atoms with E-state index in [2.05, 4.69) is 21.0 Å². The maximum absolute atomic E-state index is 6.27. The van der Waals surface area contributed by atoms with Crippen molar-refractivity contribution in [2.45, 2.75) is 25.3 Å². The van der Waals surface area contributed by atoms with E-state index in [1.54, 1.807) is 0 Å². The van der Waals surface area contributed by atoms with Crippen molar-refractivity contribution in [2.24, 2.45) is 24.1 Å². The molecule has 0 bridgehead atoms. The predicted octanol–water partition coefficient (Wildman–Crippen LogP) is 1.98. The topological polar surface area (TPSA) is 43.8 Å². The maximum Gasteiger partial charge on any atom is 0.0693 e. The van der Waals surface area contributed by atoms with Crippen molar-refractivity contribution in [1.29, 1.82) is 0 Å². The minimum absolute atomic E-state index is 0.166. The van der Waals surface area contributed by atoms with Crippen LogP contribution in [0, 0.1) is 11.3 Å². The van der Waals surface area contributed by atoms with Gasteiger partial charge in [-0.1, -0.05) is 0 Å². The molecule has 14 heavy (non-hydrogen) atoms. The summed E-state index contributed by atoms with van der Waals surface area (Å²) in [6, 6.07) is 0.166. The quantitative estimate of drug-likeness (QED) is 0.879. The Morgan fingerprint density at radius 1 is 1.71 bits per heavy atom. The summed E-state index contributed by atoms with van der Waals surface area (Å²) in [5.41, 5.74) is 8.08. The number of aryl methyl sites for hydroxylation is 1. The zero-order chi connectivity index (χ0) is 9.92. The molecule has 0 aliphatic heterocycles. The first-order chi connectivity index (χ1) is 6.64. The average molecular weight is 256 g/mol. The summed E-state index contributed by atoms with van der Waals surface area (Å²) in [6.45, 7) is 0. The molecule has 2 N–H and O–H groups in total. The van der Waals surface area contributed by atoms with Gasteiger partial charge in [-0.05, 0) is 46.5 Å². The first kappa shape index (κ1) is 8.92. The zero-order valence-corrected chi connectivity index (χ0v) is 9.79. The molecular formula is C10H14BrN3. The van der Waals surface area contributed by atoms with Crippen LogP contribution < -0.4 is 5.73 Å². The normalized spacial score (nSPS) is 29.2. The Hall–Kier alpha value is -0.350. The fraction of sp³-hybridized carbons (Fsp3) is 0.700. The van der Waals surface area contributed by atoms with Gasteiger partial charge < -0.3 is 5.73 Å².